The van der Waals surface area contributed by atoms with E-state index in [4.69, 9.17) is 4.42 Å². The molecule has 3 aromatic rings. The summed E-state index contributed by atoms with van der Waals surface area (Å²) in [7, 11) is 0. The van der Waals surface area contributed by atoms with Gasteiger partial charge >= 0.3 is 5.63 Å². The number of nitrogens with zero attached hydrogens (tertiary/aromatic N) is 3. The van der Waals surface area contributed by atoms with E-state index in [1.807, 2.05) is 30.3 Å². The number of amides is 1. The van der Waals surface area contributed by atoms with Gasteiger partial charge in [0.15, 0.2) is 0 Å². The molecule has 0 bridgehead atoms. The van der Waals surface area contributed by atoms with Crippen molar-refractivity contribution in [3.8, 4) is 11.4 Å². The Balaban J connectivity index is 1.47. The summed E-state index contributed by atoms with van der Waals surface area (Å²) in [4.78, 5) is 25.1. The van der Waals surface area contributed by atoms with Crippen LogP contribution in [0.2, 0.25) is 0 Å². The molecular weight excluding hydrogens is 372 g/mol. The van der Waals surface area contributed by atoms with Crippen LogP contribution < -0.4 is 16.3 Å². The van der Waals surface area contributed by atoms with Gasteiger partial charge in [-0.25, -0.2) is 4.79 Å². The smallest absolute Gasteiger partial charge is 0.349 e. The molecular formula is C20H22N6O3. The Morgan fingerprint density at radius 3 is 2.83 bits per heavy atom. The number of nitrogens with one attached hydrogen (secondary N) is 3. The molecule has 9 nitrogen and oxygen atoms in total. The number of tetrazole rings is 1. The van der Waals surface area contributed by atoms with Gasteiger partial charge in [0.2, 0.25) is 5.82 Å². The molecule has 2 aromatic heterocycles. The highest BCUT2D eigenvalue weighted by molar-refractivity contribution is 5.95. The van der Waals surface area contributed by atoms with Crippen molar-refractivity contribution in [2.75, 3.05) is 13.1 Å². The summed E-state index contributed by atoms with van der Waals surface area (Å²) < 4.78 is 5.50. The minimum absolute atomic E-state index is 0.0528. The van der Waals surface area contributed by atoms with Crippen LogP contribution in [-0.4, -0.2) is 39.6 Å². The molecule has 0 unspecified atom stereocenters. The first-order chi connectivity index (χ1) is 14.1. The van der Waals surface area contributed by atoms with Crippen LogP contribution in [0.15, 0.2) is 39.5 Å². The third kappa shape index (κ3) is 4.24. The van der Waals surface area contributed by atoms with Gasteiger partial charge in [-0.05, 0) is 61.3 Å². The Morgan fingerprint density at radius 2 is 2.10 bits per heavy atom. The van der Waals surface area contributed by atoms with Crippen LogP contribution in [-0.2, 0) is 6.54 Å². The van der Waals surface area contributed by atoms with E-state index in [1.54, 1.807) is 6.92 Å². The first-order valence-electron chi connectivity index (χ1n) is 9.58. The van der Waals surface area contributed by atoms with E-state index < -0.39 is 11.5 Å². The second-order valence-corrected chi connectivity index (χ2v) is 7.14. The largest absolute Gasteiger partial charge is 0.427 e. The van der Waals surface area contributed by atoms with Gasteiger partial charge < -0.3 is 15.1 Å². The lowest BCUT2D eigenvalue weighted by atomic mass is 9.94. The van der Waals surface area contributed by atoms with Crippen molar-refractivity contribution in [2.24, 2.45) is 0 Å². The number of rotatable bonds is 5. The number of H-pyrrole nitrogens is 1. The molecule has 0 spiro atoms. The molecule has 1 fully saturated rings. The maximum atomic E-state index is 12.6. The van der Waals surface area contributed by atoms with Crippen molar-refractivity contribution in [3.05, 3.63) is 63.2 Å². The van der Waals surface area contributed by atoms with Crippen LogP contribution in [0.1, 0.15) is 46.0 Å². The first kappa shape index (κ1) is 19.0. The molecule has 1 aliphatic heterocycles. The Kier molecular flexibility index (Phi) is 5.48. The Labute approximate surface area is 166 Å². The van der Waals surface area contributed by atoms with Crippen LogP contribution in [0, 0.1) is 6.92 Å². The molecule has 0 aliphatic carbocycles. The van der Waals surface area contributed by atoms with Gasteiger partial charge in [-0.1, -0.05) is 18.2 Å². The van der Waals surface area contributed by atoms with Crippen molar-refractivity contribution in [3.63, 3.8) is 0 Å². The fourth-order valence-electron chi connectivity index (χ4n) is 3.59. The molecule has 0 saturated carbocycles. The van der Waals surface area contributed by atoms with E-state index in [-0.39, 0.29) is 18.0 Å². The molecule has 150 valence electrons. The Hall–Kier alpha value is -3.33. The molecule has 4 rings (SSSR count). The van der Waals surface area contributed by atoms with Crippen LogP contribution in [0.3, 0.4) is 0 Å². The molecule has 29 heavy (non-hydrogen) atoms. The molecule has 0 radical (unpaired) electrons. The van der Waals surface area contributed by atoms with E-state index in [0.717, 1.165) is 37.1 Å². The predicted molar refractivity (Wildman–Crippen MR) is 105 cm³/mol. The highest BCUT2D eigenvalue weighted by atomic mass is 16.4. The van der Waals surface area contributed by atoms with Crippen molar-refractivity contribution in [1.29, 1.82) is 0 Å². The highest BCUT2D eigenvalue weighted by Gasteiger charge is 2.22. The standard InChI is InChI=1S/C20H22N6O3/c1-12-9-16(14-5-7-21-8-6-14)29-20(28)17(12)19(27)22-11-13-3-2-4-15(10-13)18-23-25-26-24-18/h2-4,9-10,14,21H,5-8,11H2,1H3,(H,22,27)(H,23,24,25,26). The lowest BCUT2D eigenvalue weighted by molar-refractivity contribution is 0.0945. The van der Waals surface area contributed by atoms with Crippen molar-refractivity contribution < 1.29 is 9.21 Å². The number of benzene rings is 1. The van der Waals surface area contributed by atoms with Gasteiger partial charge in [0.05, 0.1) is 0 Å². The molecule has 3 heterocycles. The zero-order valence-electron chi connectivity index (χ0n) is 16.1. The predicted octanol–water partition coefficient (Wildman–Crippen LogP) is 1.53. The molecule has 0 atom stereocenters. The molecule has 3 N–H and O–H groups in total. The number of piperidine rings is 1. The van der Waals surface area contributed by atoms with Gasteiger partial charge in [0.25, 0.3) is 5.91 Å². The van der Waals surface area contributed by atoms with Crippen LogP contribution >= 0.6 is 0 Å². The lowest BCUT2D eigenvalue weighted by Crippen LogP contribution is -2.30. The summed E-state index contributed by atoms with van der Waals surface area (Å²) in [5.74, 6) is 0.909. The minimum atomic E-state index is -0.586. The summed E-state index contributed by atoms with van der Waals surface area (Å²) in [6.45, 7) is 3.84. The summed E-state index contributed by atoms with van der Waals surface area (Å²) >= 11 is 0. The zero-order valence-corrected chi connectivity index (χ0v) is 16.1. The van der Waals surface area contributed by atoms with E-state index in [2.05, 4.69) is 31.3 Å². The van der Waals surface area contributed by atoms with Crippen LogP contribution in [0.4, 0.5) is 0 Å². The second-order valence-electron chi connectivity index (χ2n) is 7.14. The fourth-order valence-corrected chi connectivity index (χ4v) is 3.59. The highest BCUT2D eigenvalue weighted by Crippen LogP contribution is 2.25. The van der Waals surface area contributed by atoms with E-state index in [0.29, 0.717) is 17.1 Å². The van der Waals surface area contributed by atoms with Crippen LogP contribution in [0.25, 0.3) is 11.4 Å². The third-order valence-electron chi connectivity index (χ3n) is 5.12. The maximum Gasteiger partial charge on any atom is 0.349 e. The topological polar surface area (TPSA) is 126 Å². The third-order valence-corrected chi connectivity index (χ3v) is 5.12. The van der Waals surface area contributed by atoms with Gasteiger partial charge in [0.1, 0.15) is 11.3 Å². The number of aromatic nitrogens is 4. The average Bonchev–Trinajstić information content (AvgIpc) is 3.27. The molecule has 1 saturated heterocycles. The number of hydrogen-bond acceptors (Lipinski definition) is 7. The summed E-state index contributed by atoms with van der Waals surface area (Å²) in [6, 6.07) is 9.26. The quantitative estimate of drug-likeness (QED) is 0.599. The second kappa shape index (κ2) is 8.36. The molecule has 1 amide bonds. The molecule has 9 heteroatoms. The number of carbonyl (C=O) groups is 1. The van der Waals surface area contributed by atoms with Crippen LogP contribution in [0.5, 0.6) is 0 Å². The van der Waals surface area contributed by atoms with Gasteiger partial charge in [0, 0.05) is 18.0 Å². The van der Waals surface area contributed by atoms with Crippen molar-refractivity contribution in [1.82, 2.24) is 31.3 Å². The maximum absolute atomic E-state index is 12.6. The number of aryl methyl sites for hydroxylation is 1. The summed E-state index contributed by atoms with van der Waals surface area (Å²) in [6.07, 6.45) is 1.84. The number of hydrogen-bond donors (Lipinski definition) is 3. The van der Waals surface area contributed by atoms with E-state index >= 15 is 0 Å². The van der Waals surface area contributed by atoms with E-state index in [9.17, 15) is 9.59 Å². The Morgan fingerprint density at radius 1 is 1.28 bits per heavy atom. The first-order valence-corrected chi connectivity index (χ1v) is 9.58. The van der Waals surface area contributed by atoms with Gasteiger partial charge in [-0.3, -0.25) is 4.79 Å². The van der Waals surface area contributed by atoms with Gasteiger partial charge in [-0.2, -0.15) is 5.21 Å². The fraction of sp³-hybridized carbons (Fsp3) is 0.350. The number of aromatic amines is 1. The van der Waals surface area contributed by atoms with Crippen molar-refractivity contribution in [2.45, 2.75) is 32.2 Å². The lowest BCUT2D eigenvalue weighted by Gasteiger charge is -2.21. The average molecular weight is 394 g/mol. The normalized spacial score (nSPS) is 14.7. The molecule has 1 aromatic carbocycles. The van der Waals surface area contributed by atoms with E-state index in [1.165, 1.54) is 0 Å². The summed E-state index contributed by atoms with van der Waals surface area (Å²) in [5.41, 5.74) is 1.74. The monoisotopic (exact) mass is 394 g/mol. The summed E-state index contributed by atoms with van der Waals surface area (Å²) in [5, 5.41) is 19.9. The molecule has 1 aliphatic rings. The zero-order chi connectivity index (χ0) is 20.2. The minimum Gasteiger partial charge on any atom is -0.427 e. The Bertz CT molecular complexity index is 1050. The number of carbonyl (C=O) groups excluding carboxylic acids is 1. The van der Waals surface area contributed by atoms with Gasteiger partial charge in [-0.15, -0.1) is 10.2 Å². The SMILES string of the molecule is Cc1cc(C2CCNCC2)oc(=O)c1C(=O)NCc1cccc(-c2nn[nH]n2)c1. The van der Waals surface area contributed by atoms with Crippen molar-refractivity contribution >= 4 is 5.91 Å².